The van der Waals surface area contributed by atoms with Crippen LogP contribution in [-0.4, -0.2) is 51.9 Å². The number of allylic oxidation sites excluding steroid dienone is 2. The van der Waals surface area contributed by atoms with E-state index in [-0.39, 0.29) is 30.6 Å². The first-order valence-corrected chi connectivity index (χ1v) is 8.78. The van der Waals surface area contributed by atoms with Gasteiger partial charge in [0.1, 0.15) is 5.78 Å². The summed E-state index contributed by atoms with van der Waals surface area (Å²) < 4.78 is 0. The van der Waals surface area contributed by atoms with Crippen LogP contribution < -0.4 is 5.32 Å². The Morgan fingerprint density at radius 3 is 2.20 bits per heavy atom. The number of aliphatic hydroxyl groups is 3. The molecular weight excluding hydrogens is 322 g/mol. The number of ketones is 1. The van der Waals surface area contributed by atoms with E-state index in [9.17, 15) is 24.9 Å². The highest BCUT2D eigenvalue weighted by atomic mass is 16.3. The van der Waals surface area contributed by atoms with Gasteiger partial charge >= 0.3 is 0 Å². The van der Waals surface area contributed by atoms with Gasteiger partial charge in [0.2, 0.25) is 5.91 Å². The molecule has 6 nitrogen and oxygen atoms in total. The van der Waals surface area contributed by atoms with Crippen molar-refractivity contribution in [1.29, 1.82) is 0 Å². The van der Waals surface area contributed by atoms with Crippen molar-refractivity contribution in [2.75, 3.05) is 6.54 Å². The number of hydrogen-bond acceptors (Lipinski definition) is 5. The fourth-order valence-corrected chi connectivity index (χ4v) is 2.13. The summed E-state index contributed by atoms with van der Waals surface area (Å²) in [7, 11) is 0. The summed E-state index contributed by atoms with van der Waals surface area (Å²) in [5.41, 5.74) is 0. The lowest BCUT2D eigenvalue weighted by molar-refractivity contribution is -0.127. The molecule has 0 saturated carbocycles. The fourth-order valence-electron chi connectivity index (χ4n) is 2.13. The Labute approximate surface area is 150 Å². The van der Waals surface area contributed by atoms with Gasteiger partial charge in [0.15, 0.2) is 0 Å². The molecule has 6 heteroatoms. The first-order valence-electron chi connectivity index (χ1n) is 8.78. The predicted octanol–water partition coefficient (Wildman–Crippen LogP) is 1.35. The van der Waals surface area contributed by atoms with Gasteiger partial charge in [-0.05, 0) is 32.6 Å². The molecule has 5 atom stereocenters. The molecule has 0 bridgehead atoms. The van der Waals surface area contributed by atoms with Crippen LogP contribution in [0.5, 0.6) is 0 Å². The van der Waals surface area contributed by atoms with Crippen molar-refractivity contribution in [3.8, 4) is 0 Å². The normalized spacial score (nSPS) is 18.0. The highest BCUT2D eigenvalue weighted by molar-refractivity contribution is 5.79. The predicted molar refractivity (Wildman–Crippen MR) is 97.8 cm³/mol. The molecule has 0 aliphatic rings. The van der Waals surface area contributed by atoms with E-state index in [2.05, 4.69) is 5.32 Å². The summed E-state index contributed by atoms with van der Waals surface area (Å²) in [5, 5.41) is 31.9. The molecule has 5 unspecified atom stereocenters. The van der Waals surface area contributed by atoms with Gasteiger partial charge < -0.3 is 20.6 Å². The highest BCUT2D eigenvalue weighted by Gasteiger charge is 2.21. The molecule has 0 heterocycles. The number of amides is 1. The van der Waals surface area contributed by atoms with Crippen LogP contribution in [0.1, 0.15) is 47.0 Å². The van der Waals surface area contributed by atoms with Gasteiger partial charge in [-0.3, -0.25) is 9.59 Å². The summed E-state index contributed by atoms with van der Waals surface area (Å²) in [4.78, 5) is 23.0. The van der Waals surface area contributed by atoms with Crippen LogP contribution in [0.25, 0.3) is 0 Å². The van der Waals surface area contributed by atoms with E-state index < -0.39 is 24.2 Å². The Kier molecular flexibility index (Phi) is 12.0. The zero-order valence-corrected chi connectivity index (χ0v) is 15.7. The molecule has 1 amide bonds. The second-order valence-electron chi connectivity index (χ2n) is 6.56. The molecule has 0 aromatic carbocycles. The van der Waals surface area contributed by atoms with Crippen molar-refractivity contribution >= 4 is 11.7 Å². The molecule has 144 valence electrons. The van der Waals surface area contributed by atoms with Gasteiger partial charge in [0, 0.05) is 12.5 Å². The largest absolute Gasteiger partial charge is 0.392 e. The van der Waals surface area contributed by atoms with E-state index in [1.54, 1.807) is 19.1 Å². The zero-order valence-electron chi connectivity index (χ0n) is 15.7. The standard InChI is InChI=1S/C19H33NO5/c1-5-8-16(22)10-7-6-9-13(2)17(23)11-19(25)20-12-18(24)14(3)15(4)21/h5-8,13-14,16-18,22-24H,9-12H2,1-4H3,(H,20,25)/b7-6+,8-5+. The third-order valence-corrected chi connectivity index (χ3v) is 4.24. The monoisotopic (exact) mass is 355 g/mol. The smallest absolute Gasteiger partial charge is 0.222 e. The van der Waals surface area contributed by atoms with Crippen molar-refractivity contribution < 1.29 is 24.9 Å². The third-order valence-electron chi connectivity index (χ3n) is 4.24. The molecule has 0 rings (SSSR count). The number of carbonyl (C=O) groups excluding carboxylic acids is 2. The van der Waals surface area contributed by atoms with E-state index in [0.717, 1.165) is 0 Å². The van der Waals surface area contributed by atoms with Crippen LogP contribution in [-0.2, 0) is 9.59 Å². The summed E-state index contributed by atoms with van der Waals surface area (Å²) in [5.74, 6) is -1.14. The molecule has 25 heavy (non-hydrogen) atoms. The average molecular weight is 355 g/mol. The molecule has 4 N–H and O–H groups in total. The minimum Gasteiger partial charge on any atom is -0.392 e. The van der Waals surface area contributed by atoms with Gasteiger partial charge in [-0.25, -0.2) is 0 Å². The van der Waals surface area contributed by atoms with Crippen LogP contribution in [0.15, 0.2) is 24.3 Å². The second kappa shape index (κ2) is 12.8. The van der Waals surface area contributed by atoms with E-state index in [1.807, 2.05) is 26.0 Å². The lowest BCUT2D eigenvalue weighted by atomic mass is 9.97. The van der Waals surface area contributed by atoms with Crippen LogP contribution in [0, 0.1) is 11.8 Å². The van der Waals surface area contributed by atoms with Crippen molar-refractivity contribution in [2.45, 2.75) is 65.3 Å². The van der Waals surface area contributed by atoms with Gasteiger partial charge in [0.05, 0.1) is 24.7 Å². The highest BCUT2D eigenvalue weighted by Crippen LogP contribution is 2.13. The quantitative estimate of drug-likeness (QED) is 0.395. The van der Waals surface area contributed by atoms with E-state index in [4.69, 9.17) is 0 Å². The van der Waals surface area contributed by atoms with Crippen molar-refractivity contribution in [3.05, 3.63) is 24.3 Å². The van der Waals surface area contributed by atoms with Crippen molar-refractivity contribution in [1.82, 2.24) is 5.32 Å². The number of rotatable bonds is 12. The Morgan fingerprint density at radius 2 is 1.64 bits per heavy atom. The van der Waals surface area contributed by atoms with Crippen molar-refractivity contribution in [2.24, 2.45) is 11.8 Å². The van der Waals surface area contributed by atoms with Gasteiger partial charge in [-0.1, -0.05) is 38.2 Å². The lowest BCUT2D eigenvalue weighted by Gasteiger charge is -2.19. The summed E-state index contributed by atoms with van der Waals surface area (Å²) in [6.45, 7) is 6.68. The maximum Gasteiger partial charge on any atom is 0.222 e. The Balaban J connectivity index is 4.13. The van der Waals surface area contributed by atoms with Crippen LogP contribution in [0.4, 0.5) is 0 Å². The topological polar surface area (TPSA) is 107 Å². The van der Waals surface area contributed by atoms with Gasteiger partial charge in [0.25, 0.3) is 0 Å². The molecular formula is C19H33NO5. The minimum absolute atomic E-state index is 0.0105. The molecule has 0 saturated heterocycles. The third kappa shape index (κ3) is 10.9. The van der Waals surface area contributed by atoms with E-state index in [0.29, 0.717) is 12.8 Å². The van der Waals surface area contributed by atoms with E-state index >= 15 is 0 Å². The SMILES string of the molecule is C/C=C/C(O)C/C=C/CC(C)C(O)CC(=O)NCC(O)C(C)C(C)=O. The molecule has 0 aliphatic carbocycles. The van der Waals surface area contributed by atoms with Crippen LogP contribution in [0.3, 0.4) is 0 Å². The number of Topliss-reactive ketones (excluding diaryl/α,β-unsaturated/α-hetero) is 1. The average Bonchev–Trinajstić information content (AvgIpc) is 2.55. The molecule has 0 aliphatic heterocycles. The van der Waals surface area contributed by atoms with Gasteiger partial charge in [-0.15, -0.1) is 0 Å². The summed E-state index contributed by atoms with van der Waals surface area (Å²) >= 11 is 0. The number of nitrogens with one attached hydrogen (secondary N) is 1. The Hall–Kier alpha value is -1.50. The first-order chi connectivity index (χ1) is 11.7. The molecule has 0 spiro atoms. The molecule has 0 fully saturated rings. The zero-order chi connectivity index (χ0) is 19.4. The van der Waals surface area contributed by atoms with Crippen LogP contribution >= 0.6 is 0 Å². The number of aliphatic hydroxyl groups excluding tert-OH is 3. The van der Waals surface area contributed by atoms with E-state index in [1.165, 1.54) is 6.92 Å². The number of carbonyl (C=O) groups is 2. The molecule has 0 radical (unpaired) electrons. The summed E-state index contributed by atoms with van der Waals surface area (Å²) in [6.07, 6.45) is 6.06. The Bertz CT molecular complexity index is 461. The maximum absolute atomic E-state index is 11.8. The fraction of sp³-hybridized carbons (Fsp3) is 0.684. The lowest BCUT2D eigenvalue weighted by Crippen LogP contribution is -2.39. The molecule has 0 aromatic heterocycles. The van der Waals surface area contributed by atoms with Gasteiger partial charge in [-0.2, -0.15) is 0 Å². The maximum atomic E-state index is 11.8. The first kappa shape index (κ1) is 23.5. The van der Waals surface area contributed by atoms with Crippen molar-refractivity contribution in [3.63, 3.8) is 0 Å². The molecule has 0 aromatic rings. The minimum atomic E-state index is -0.928. The second-order valence-corrected chi connectivity index (χ2v) is 6.56. The summed E-state index contributed by atoms with van der Waals surface area (Å²) in [6, 6.07) is 0. The van der Waals surface area contributed by atoms with Crippen LogP contribution in [0.2, 0.25) is 0 Å². The Morgan fingerprint density at radius 1 is 1.04 bits per heavy atom. The number of hydrogen-bond donors (Lipinski definition) is 4.